The van der Waals surface area contributed by atoms with Crippen LogP contribution < -0.4 is 11.5 Å². The van der Waals surface area contributed by atoms with Crippen molar-refractivity contribution in [3.8, 4) is 0 Å². The van der Waals surface area contributed by atoms with Crippen molar-refractivity contribution in [1.29, 1.82) is 5.41 Å². The molecule has 0 fully saturated rings. The lowest BCUT2D eigenvalue weighted by Gasteiger charge is -1.98. The van der Waals surface area contributed by atoms with Gasteiger partial charge in [0.05, 0.1) is 0 Å². The van der Waals surface area contributed by atoms with Gasteiger partial charge in [-0.15, -0.1) is 0 Å². The molecule has 0 aromatic rings. The number of nitrogens with two attached hydrogens (primary N) is 2. The molecule has 0 aliphatic heterocycles. The minimum atomic E-state index is -0.433. The van der Waals surface area contributed by atoms with Crippen molar-refractivity contribution < 1.29 is 4.74 Å². The normalized spacial score (nSPS) is 11.1. The summed E-state index contributed by atoms with van der Waals surface area (Å²) in [5.74, 6) is 0. The third-order valence-corrected chi connectivity index (χ3v) is 0.706. The van der Waals surface area contributed by atoms with Crippen molar-refractivity contribution in [3.05, 3.63) is 0 Å². The average Bonchev–Trinajstić information content (AvgIpc) is 1.82. The van der Waals surface area contributed by atoms with E-state index < -0.39 is 6.02 Å². The summed E-state index contributed by atoms with van der Waals surface area (Å²) in [7, 11) is 0. The van der Waals surface area contributed by atoms with E-state index in [0.717, 1.165) is 6.42 Å². The van der Waals surface area contributed by atoms with E-state index in [4.69, 9.17) is 16.9 Å². The minimum Gasteiger partial charge on any atom is -0.393 e. The van der Waals surface area contributed by atoms with E-state index in [1.54, 1.807) is 0 Å². The first kappa shape index (κ1) is 8.74. The van der Waals surface area contributed by atoms with Gasteiger partial charge in [0, 0.05) is 6.54 Å². The number of ether oxygens (including phenoxy) is 1. The molecule has 5 N–H and O–H groups in total. The predicted molar refractivity (Wildman–Crippen MR) is 39.8 cm³/mol. The van der Waals surface area contributed by atoms with Gasteiger partial charge in [-0.25, -0.2) is 4.99 Å². The average molecular weight is 144 g/mol. The van der Waals surface area contributed by atoms with E-state index in [0.29, 0.717) is 6.54 Å². The molecule has 0 saturated heterocycles. The predicted octanol–water partition coefficient (Wildman–Crippen LogP) is -0.379. The molecule has 0 aliphatic rings. The summed E-state index contributed by atoms with van der Waals surface area (Å²) < 4.78 is 4.44. The summed E-state index contributed by atoms with van der Waals surface area (Å²) >= 11 is 0. The summed E-state index contributed by atoms with van der Waals surface area (Å²) in [5, 5.41) is 6.65. The van der Waals surface area contributed by atoms with Crippen molar-refractivity contribution in [1.82, 2.24) is 0 Å². The Hall–Kier alpha value is -1.26. The zero-order chi connectivity index (χ0) is 7.98. The van der Waals surface area contributed by atoms with Gasteiger partial charge in [-0.05, 0) is 6.42 Å². The van der Waals surface area contributed by atoms with Crippen molar-refractivity contribution in [3.63, 3.8) is 0 Å². The summed E-state index contributed by atoms with van der Waals surface area (Å²) in [6.07, 6.45) is 0.891. The molecule has 0 bridgehead atoms. The number of aliphatic imine (C=N–C) groups is 1. The highest BCUT2D eigenvalue weighted by atomic mass is 16.5. The highest BCUT2D eigenvalue weighted by Gasteiger charge is 1.92. The van der Waals surface area contributed by atoms with Gasteiger partial charge >= 0.3 is 0 Å². The maximum Gasteiger partial charge on any atom is 0.289 e. The van der Waals surface area contributed by atoms with Crippen LogP contribution in [0.3, 0.4) is 0 Å². The van der Waals surface area contributed by atoms with Crippen molar-refractivity contribution in [2.75, 3.05) is 6.54 Å². The lowest BCUT2D eigenvalue weighted by atomic mass is 10.5. The first-order valence-electron chi connectivity index (χ1n) is 2.98. The molecule has 5 heteroatoms. The Morgan fingerprint density at radius 2 is 2.20 bits per heavy atom. The number of hydrogen-bond acceptors (Lipinski definition) is 3. The lowest BCUT2D eigenvalue weighted by molar-refractivity contribution is 0.518. The zero-order valence-electron chi connectivity index (χ0n) is 5.92. The standard InChI is InChI=1S/C5H12N4O/c1-2-3-9-5(8)10-4(6)7/h2-3H2,1H3,(H3,6,7)(H2,8,9). The van der Waals surface area contributed by atoms with Gasteiger partial charge in [0.1, 0.15) is 0 Å². The zero-order valence-corrected chi connectivity index (χ0v) is 5.92. The molecule has 0 unspecified atom stereocenters. The van der Waals surface area contributed by atoms with Crippen LogP contribution in [-0.2, 0) is 4.74 Å². The quantitative estimate of drug-likeness (QED) is 0.364. The van der Waals surface area contributed by atoms with Crippen LogP contribution in [0.4, 0.5) is 0 Å². The summed E-state index contributed by atoms with van der Waals surface area (Å²) in [6.45, 7) is 2.56. The van der Waals surface area contributed by atoms with Crippen molar-refractivity contribution in [2.24, 2.45) is 16.5 Å². The van der Waals surface area contributed by atoms with E-state index in [2.05, 4.69) is 9.73 Å². The maximum atomic E-state index is 6.65. The molecule has 10 heavy (non-hydrogen) atoms. The van der Waals surface area contributed by atoms with E-state index >= 15 is 0 Å². The van der Waals surface area contributed by atoms with Gasteiger partial charge in [-0.2, -0.15) is 0 Å². The van der Waals surface area contributed by atoms with Gasteiger partial charge in [0.25, 0.3) is 12.0 Å². The van der Waals surface area contributed by atoms with E-state index in [1.165, 1.54) is 0 Å². The second kappa shape index (κ2) is 4.60. The molecular weight excluding hydrogens is 132 g/mol. The molecule has 58 valence electrons. The minimum absolute atomic E-state index is 0.0469. The first-order valence-corrected chi connectivity index (χ1v) is 2.98. The first-order chi connectivity index (χ1) is 4.66. The number of hydrogen-bond donors (Lipinski definition) is 3. The summed E-state index contributed by atoms with van der Waals surface area (Å²) in [6, 6.07) is -0.480. The molecule has 0 rings (SSSR count). The molecule has 0 radical (unpaired) electrons. The molecule has 0 aromatic heterocycles. The second-order valence-electron chi connectivity index (χ2n) is 1.69. The van der Waals surface area contributed by atoms with Gasteiger partial charge < -0.3 is 16.2 Å². The third-order valence-electron chi connectivity index (χ3n) is 0.706. The fraction of sp³-hybridized carbons (Fsp3) is 0.600. The molecule has 0 saturated carbocycles. The number of nitrogens with zero attached hydrogens (tertiary/aromatic N) is 1. The second-order valence-corrected chi connectivity index (χ2v) is 1.69. The fourth-order valence-electron chi connectivity index (χ4n) is 0.367. The number of amidine groups is 2. The van der Waals surface area contributed by atoms with Gasteiger partial charge in [0.15, 0.2) is 0 Å². The Labute approximate surface area is 59.6 Å². The van der Waals surface area contributed by atoms with Crippen LogP contribution in [0, 0.1) is 5.41 Å². The van der Waals surface area contributed by atoms with Crippen molar-refractivity contribution in [2.45, 2.75) is 13.3 Å². The van der Waals surface area contributed by atoms with Crippen LogP contribution >= 0.6 is 0 Å². The topological polar surface area (TPSA) is 97.5 Å². The molecule has 0 spiro atoms. The summed E-state index contributed by atoms with van der Waals surface area (Å²) in [5.41, 5.74) is 10.0. The Balaban J connectivity index is 3.59. The Bertz CT molecular complexity index is 143. The molecule has 0 atom stereocenters. The van der Waals surface area contributed by atoms with E-state index in [-0.39, 0.29) is 6.02 Å². The van der Waals surface area contributed by atoms with Gasteiger partial charge in [0.2, 0.25) is 0 Å². The molecule has 5 nitrogen and oxygen atoms in total. The van der Waals surface area contributed by atoms with E-state index in [9.17, 15) is 0 Å². The largest absolute Gasteiger partial charge is 0.393 e. The monoisotopic (exact) mass is 144 g/mol. The SMILES string of the molecule is CCCN=C(N)OC(=N)N. The Kier molecular flexibility index (Phi) is 4.02. The maximum absolute atomic E-state index is 6.65. The molecule has 0 aliphatic carbocycles. The Morgan fingerprint density at radius 1 is 1.60 bits per heavy atom. The number of nitrogens with one attached hydrogen (secondary N) is 1. The van der Waals surface area contributed by atoms with Crippen LogP contribution in [0.1, 0.15) is 13.3 Å². The van der Waals surface area contributed by atoms with Crippen LogP contribution in [0.15, 0.2) is 4.99 Å². The Morgan fingerprint density at radius 3 is 2.60 bits per heavy atom. The molecule has 0 aromatic carbocycles. The van der Waals surface area contributed by atoms with E-state index in [1.807, 2.05) is 6.92 Å². The lowest BCUT2D eigenvalue weighted by Crippen LogP contribution is -2.25. The van der Waals surface area contributed by atoms with Gasteiger partial charge in [-0.3, -0.25) is 5.41 Å². The number of rotatable bonds is 2. The highest BCUT2D eigenvalue weighted by Crippen LogP contribution is 1.79. The summed E-state index contributed by atoms with van der Waals surface area (Å²) in [4.78, 5) is 3.73. The molecule has 0 heterocycles. The van der Waals surface area contributed by atoms with Crippen LogP contribution in [0.2, 0.25) is 0 Å². The van der Waals surface area contributed by atoms with Crippen molar-refractivity contribution >= 4 is 12.0 Å². The molecular formula is C5H12N4O. The fourth-order valence-corrected chi connectivity index (χ4v) is 0.367. The highest BCUT2D eigenvalue weighted by molar-refractivity contribution is 5.85. The smallest absolute Gasteiger partial charge is 0.289 e. The van der Waals surface area contributed by atoms with Gasteiger partial charge in [-0.1, -0.05) is 6.92 Å². The van der Waals surface area contributed by atoms with Crippen LogP contribution in [0.5, 0.6) is 0 Å². The van der Waals surface area contributed by atoms with Crippen LogP contribution in [-0.4, -0.2) is 18.6 Å². The molecule has 0 amide bonds. The van der Waals surface area contributed by atoms with Crippen LogP contribution in [0.25, 0.3) is 0 Å². The third kappa shape index (κ3) is 4.89.